The second-order valence-electron chi connectivity index (χ2n) is 2.60. The lowest BCUT2D eigenvalue weighted by molar-refractivity contribution is -0.153. The molecular weight excluding hydrogens is 144 g/mol. The van der Waals surface area contributed by atoms with Crippen LogP contribution in [0.5, 0.6) is 0 Å². The number of hydrogen-bond acceptors (Lipinski definition) is 3. The second-order valence-corrected chi connectivity index (χ2v) is 2.60. The van der Waals surface area contributed by atoms with Crippen molar-refractivity contribution in [2.75, 3.05) is 13.7 Å². The summed E-state index contributed by atoms with van der Waals surface area (Å²) in [6, 6.07) is 0. The summed E-state index contributed by atoms with van der Waals surface area (Å²) in [5.41, 5.74) is 1.19. The third-order valence-electron chi connectivity index (χ3n) is 1.70. The number of carbonyl (C=O) groups excluding carboxylic acids is 1. The van der Waals surface area contributed by atoms with Crippen molar-refractivity contribution in [1.82, 2.24) is 0 Å². The summed E-state index contributed by atoms with van der Waals surface area (Å²) in [4.78, 5) is 10.9. The van der Waals surface area contributed by atoms with Crippen molar-refractivity contribution in [1.29, 1.82) is 0 Å². The van der Waals surface area contributed by atoms with Gasteiger partial charge in [0.1, 0.15) is 0 Å². The molecule has 0 amide bonds. The Hall–Kier alpha value is -0.830. The molecule has 1 aliphatic heterocycles. The molecule has 3 heteroatoms. The minimum atomic E-state index is -0.384. The first kappa shape index (κ1) is 8.27. The summed E-state index contributed by atoms with van der Waals surface area (Å²) in [5, 5.41) is 0. The summed E-state index contributed by atoms with van der Waals surface area (Å²) in [7, 11) is 1.37. The van der Waals surface area contributed by atoms with Crippen molar-refractivity contribution in [2.24, 2.45) is 0 Å². The van der Waals surface area contributed by atoms with Crippen LogP contribution in [-0.2, 0) is 14.3 Å². The van der Waals surface area contributed by atoms with Crippen molar-refractivity contribution in [3.8, 4) is 0 Å². The molecule has 0 spiro atoms. The Morgan fingerprint density at radius 2 is 2.55 bits per heavy atom. The van der Waals surface area contributed by atoms with Crippen molar-refractivity contribution in [2.45, 2.75) is 19.4 Å². The molecule has 3 nitrogen and oxygen atoms in total. The molecule has 11 heavy (non-hydrogen) atoms. The van der Waals surface area contributed by atoms with Gasteiger partial charge >= 0.3 is 5.97 Å². The van der Waals surface area contributed by atoms with Crippen molar-refractivity contribution in [3.63, 3.8) is 0 Å². The maximum absolute atomic E-state index is 10.9. The van der Waals surface area contributed by atoms with Gasteiger partial charge in [-0.05, 0) is 6.92 Å². The predicted octanol–water partition coefficient (Wildman–Crippen LogP) is 0.895. The van der Waals surface area contributed by atoms with Gasteiger partial charge in [0.25, 0.3) is 0 Å². The third-order valence-corrected chi connectivity index (χ3v) is 1.70. The Kier molecular flexibility index (Phi) is 2.65. The van der Waals surface area contributed by atoms with E-state index in [1.54, 1.807) is 0 Å². The number of methoxy groups -OCH3 is 1. The molecule has 0 aliphatic carbocycles. The van der Waals surface area contributed by atoms with Crippen LogP contribution in [-0.4, -0.2) is 25.8 Å². The van der Waals surface area contributed by atoms with E-state index < -0.39 is 0 Å². The Morgan fingerprint density at radius 3 is 3.09 bits per heavy atom. The SMILES string of the molecule is COC(=O)C1CC(C)=CCO1. The van der Waals surface area contributed by atoms with E-state index in [1.165, 1.54) is 12.7 Å². The highest BCUT2D eigenvalue weighted by Crippen LogP contribution is 2.14. The Bertz CT molecular complexity index is 184. The van der Waals surface area contributed by atoms with Gasteiger partial charge in [-0.3, -0.25) is 0 Å². The van der Waals surface area contributed by atoms with Crippen LogP contribution in [0, 0.1) is 0 Å². The summed E-state index contributed by atoms with van der Waals surface area (Å²) < 4.78 is 9.70. The van der Waals surface area contributed by atoms with Gasteiger partial charge in [0.05, 0.1) is 13.7 Å². The maximum atomic E-state index is 10.9. The van der Waals surface area contributed by atoms with Crippen LogP contribution in [0.2, 0.25) is 0 Å². The first-order valence-electron chi connectivity index (χ1n) is 3.59. The minimum absolute atomic E-state index is 0.280. The van der Waals surface area contributed by atoms with Crippen LogP contribution in [0.4, 0.5) is 0 Å². The molecule has 1 heterocycles. The molecule has 0 saturated carbocycles. The lowest BCUT2D eigenvalue weighted by atomic mass is 10.1. The highest BCUT2D eigenvalue weighted by Gasteiger charge is 2.22. The molecule has 1 aliphatic rings. The molecule has 0 radical (unpaired) electrons. The Balaban J connectivity index is 2.50. The zero-order valence-corrected chi connectivity index (χ0v) is 6.79. The third kappa shape index (κ3) is 2.05. The largest absolute Gasteiger partial charge is 0.467 e. The number of rotatable bonds is 1. The summed E-state index contributed by atoms with van der Waals surface area (Å²) in [6.07, 6.45) is 2.25. The monoisotopic (exact) mass is 156 g/mol. The summed E-state index contributed by atoms with van der Waals surface area (Å²) >= 11 is 0. The molecule has 0 aromatic carbocycles. The average molecular weight is 156 g/mol. The fraction of sp³-hybridized carbons (Fsp3) is 0.625. The fourth-order valence-electron chi connectivity index (χ4n) is 1.02. The molecular formula is C8H12O3. The van der Waals surface area contributed by atoms with E-state index in [9.17, 15) is 4.79 Å². The molecule has 0 saturated heterocycles. The van der Waals surface area contributed by atoms with E-state index in [0.717, 1.165) is 0 Å². The highest BCUT2D eigenvalue weighted by molar-refractivity contribution is 5.75. The molecule has 0 aromatic rings. The number of ether oxygens (including phenoxy) is 2. The van der Waals surface area contributed by atoms with Gasteiger partial charge in [-0.25, -0.2) is 4.79 Å². The van der Waals surface area contributed by atoms with Gasteiger partial charge in [0, 0.05) is 6.42 Å². The van der Waals surface area contributed by atoms with Gasteiger partial charge in [-0.2, -0.15) is 0 Å². The molecule has 1 atom stereocenters. The maximum Gasteiger partial charge on any atom is 0.335 e. The Morgan fingerprint density at radius 1 is 1.82 bits per heavy atom. The Labute approximate surface area is 66.0 Å². The number of esters is 1. The van der Waals surface area contributed by atoms with Crippen molar-refractivity contribution < 1.29 is 14.3 Å². The normalized spacial score (nSPS) is 24.2. The first-order chi connectivity index (χ1) is 5.24. The van der Waals surface area contributed by atoms with Gasteiger partial charge in [0.15, 0.2) is 6.10 Å². The van der Waals surface area contributed by atoms with E-state index >= 15 is 0 Å². The van der Waals surface area contributed by atoms with E-state index in [1.807, 2.05) is 13.0 Å². The van der Waals surface area contributed by atoms with Crippen LogP contribution < -0.4 is 0 Å². The van der Waals surface area contributed by atoms with Crippen molar-refractivity contribution >= 4 is 5.97 Å². The number of carbonyl (C=O) groups is 1. The molecule has 1 unspecified atom stereocenters. The molecule has 1 rings (SSSR count). The lowest BCUT2D eigenvalue weighted by Gasteiger charge is -2.18. The van der Waals surface area contributed by atoms with Gasteiger partial charge in [0.2, 0.25) is 0 Å². The topological polar surface area (TPSA) is 35.5 Å². The summed E-state index contributed by atoms with van der Waals surface area (Å²) in [6.45, 7) is 2.50. The van der Waals surface area contributed by atoms with Gasteiger partial charge in [-0.1, -0.05) is 11.6 Å². The van der Waals surface area contributed by atoms with Crippen molar-refractivity contribution in [3.05, 3.63) is 11.6 Å². The van der Waals surface area contributed by atoms with Crippen LogP contribution in [0.15, 0.2) is 11.6 Å². The fourth-order valence-corrected chi connectivity index (χ4v) is 1.02. The van der Waals surface area contributed by atoms with E-state index in [2.05, 4.69) is 4.74 Å². The molecule has 0 bridgehead atoms. The standard InChI is InChI=1S/C8H12O3/c1-6-3-4-11-7(5-6)8(9)10-2/h3,7H,4-5H2,1-2H3. The zero-order chi connectivity index (χ0) is 8.27. The minimum Gasteiger partial charge on any atom is -0.467 e. The molecule has 0 N–H and O–H groups in total. The second kappa shape index (κ2) is 3.53. The van der Waals surface area contributed by atoms with Crippen LogP contribution >= 0.6 is 0 Å². The van der Waals surface area contributed by atoms with E-state index in [4.69, 9.17) is 4.74 Å². The summed E-state index contributed by atoms with van der Waals surface area (Å²) in [5.74, 6) is -0.280. The lowest BCUT2D eigenvalue weighted by Crippen LogP contribution is -2.28. The van der Waals surface area contributed by atoms with Crippen LogP contribution in [0.25, 0.3) is 0 Å². The smallest absolute Gasteiger partial charge is 0.335 e. The van der Waals surface area contributed by atoms with Crippen LogP contribution in [0.3, 0.4) is 0 Å². The number of hydrogen-bond donors (Lipinski definition) is 0. The van der Waals surface area contributed by atoms with Crippen LogP contribution in [0.1, 0.15) is 13.3 Å². The molecule has 0 fully saturated rings. The average Bonchev–Trinajstić information content (AvgIpc) is 2.03. The van der Waals surface area contributed by atoms with E-state index in [-0.39, 0.29) is 12.1 Å². The predicted molar refractivity (Wildman–Crippen MR) is 40.1 cm³/mol. The van der Waals surface area contributed by atoms with Gasteiger partial charge < -0.3 is 9.47 Å². The molecule has 62 valence electrons. The highest BCUT2D eigenvalue weighted by atomic mass is 16.6. The quantitative estimate of drug-likeness (QED) is 0.418. The molecule has 0 aromatic heterocycles. The zero-order valence-electron chi connectivity index (χ0n) is 6.79. The first-order valence-corrected chi connectivity index (χ1v) is 3.59. The van der Waals surface area contributed by atoms with E-state index in [0.29, 0.717) is 13.0 Å². The van der Waals surface area contributed by atoms with Gasteiger partial charge in [-0.15, -0.1) is 0 Å².